The van der Waals surface area contributed by atoms with Crippen LogP contribution in [0.1, 0.15) is 44.0 Å². The highest BCUT2D eigenvalue weighted by Crippen LogP contribution is 2.29. The van der Waals surface area contributed by atoms with E-state index >= 15 is 0 Å². The molecule has 0 aliphatic heterocycles. The summed E-state index contributed by atoms with van der Waals surface area (Å²) >= 11 is 1.70. The molecule has 92 valence electrons. The molecule has 1 aromatic heterocycles. The largest absolute Gasteiger partial charge is 0.287 e. The predicted octanol–water partition coefficient (Wildman–Crippen LogP) is 3.34. The maximum atomic E-state index is 12.5. The third-order valence-corrected chi connectivity index (χ3v) is 4.65. The fraction of sp³-hybridized carbons (Fsp3) is 0.333. The summed E-state index contributed by atoms with van der Waals surface area (Å²) in [6.45, 7) is 4.15. The van der Waals surface area contributed by atoms with E-state index in [1.165, 1.54) is 11.1 Å². The lowest BCUT2D eigenvalue weighted by Gasteiger charge is -2.05. The molecule has 18 heavy (non-hydrogen) atoms. The maximum Gasteiger partial charge on any atom is 0.212 e. The molecule has 1 aliphatic carbocycles. The van der Waals surface area contributed by atoms with Crippen LogP contribution in [0.3, 0.4) is 0 Å². The van der Waals surface area contributed by atoms with Crippen LogP contribution in [0.2, 0.25) is 0 Å². The topological polar surface area (TPSA) is 30.0 Å². The van der Waals surface area contributed by atoms with E-state index in [9.17, 15) is 4.79 Å². The standard InChI is InChI=1S/C15H15NOS/c1-3-13-16-14-12(18-13)7-5-10-8-9(2)4-6-11(10)15(14)17/h4,6,8H,3,5,7H2,1-2H3. The first-order valence-corrected chi connectivity index (χ1v) is 7.13. The second kappa shape index (κ2) is 4.32. The van der Waals surface area contributed by atoms with Crippen molar-refractivity contribution in [2.75, 3.05) is 0 Å². The summed E-state index contributed by atoms with van der Waals surface area (Å²) in [6.07, 6.45) is 2.79. The van der Waals surface area contributed by atoms with E-state index < -0.39 is 0 Å². The van der Waals surface area contributed by atoms with E-state index in [2.05, 4.69) is 24.9 Å². The molecule has 0 fully saturated rings. The zero-order valence-corrected chi connectivity index (χ0v) is 11.4. The summed E-state index contributed by atoms with van der Waals surface area (Å²) < 4.78 is 0. The molecule has 1 aromatic carbocycles. The molecule has 1 aliphatic rings. The summed E-state index contributed by atoms with van der Waals surface area (Å²) in [5.41, 5.74) is 3.92. The number of ketones is 1. The Morgan fingerprint density at radius 2 is 2.17 bits per heavy atom. The van der Waals surface area contributed by atoms with E-state index in [4.69, 9.17) is 0 Å². The van der Waals surface area contributed by atoms with Crippen LogP contribution in [0.25, 0.3) is 0 Å². The number of hydrogen-bond donors (Lipinski definition) is 0. The summed E-state index contributed by atoms with van der Waals surface area (Å²) in [6, 6.07) is 6.09. The van der Waals surface area contributed by atoms with Crippen LogP contribution in [0.15, 0.2) is 18.2 Å². The van der Waals surface area contributed by atoms with Gasteiger partial charge in [0.15, 0.2) is 0 Å². The molecule has 0 bridgehead atoms. The molecule has 0 N–H and O–H groups in total. The minimum absolute atomic E-state index is 0.105. The van der Waals surface area contributed by atoms with Gasteiger partial charge in [0.1, 0.15) is 5.69 Å². The monoisotopic (exact) mass is 257 g/mol. The van der Waals surface area contributed by atoms with Crippen LogP contribution in [-0.2, 0) is 19.3 Å². The molecule has 0 amide bonds. The fourth-order valence-electron chi connectivity index (χ4n) is 2.43. The lowest BCUT2D eigenvalue weighted by Crippen LogP contribution is -2.04. The van der Waals surface area contributed by atoms with Crippen LogP contribution in [0.4, 0.5) is 0 Å². The number of fused-ring (bicyclic) bond motifs is 2. The molecule has 2 nitrogen and oxygen atoms in total. The number of nitrogens with zero attached hydrogens (tertiary/aromatic N) is 1. The van der Waals surface area contributed by atoms with E-state index in [1.807, 2.05) is 12.1 Å². The van der Waals surface area contributed by atoms with Crippen LogP contribution in [0, 0.1) is 6.92 Å². The minimum atomic E-state index is 0.105. The third-order valence-electron chi connectivity index (χ3n) is 3.39. The Kier molecular flexibility index (Phi) is 2.78. The zero-order valence-electron chi connectivity index (χ0n) is 10.6. The molecule has 0 spiro atoms. The Hall–Kier alpha value is -1.48. The van der Waals surface area contributed by atoms with Gasteiger partial charge in [-0.05, 0) is 31.7 Å². The van der Waals surface area contributed by atoms with E-state index in [1.54, 1.807) is 11.3 Å². The Bertz CT molecular complexity index is 627. The van der Waals surface area contributed by atoms with Crippen molar-refractivity contribution in [3.8, 4) is 0 Å². The summed E-state index contributed by atoms with van der Waals surface area (Å²) in [5, 5.41) is 1.07. The van der Waals surface area contributed by atoms with Crippen molar-refractivity contribution < 1.29 is 4.79 Å². The van der Waals surface area contributed by atoms with Crippen molar-refractivity contribution in [1.82, 2.24) is 4.98 Å². The number of carbonyl (C=O) groups is 1. The van der Waals surface area contributed by atoms with Crippen molar-refractivity contribution in [3.05, 3.63) is 50.5 Å². The Morgan fingerprint density at radius 1 is 1.33 bits per heavy atom. The number of aryl methyl sites for hydroxylation is 4. The Morgan fingerprint density at radius 3 is 2.94 bits per heavy atom. The summed E-state index contributed by atoms with van der Waals surface area (Å²) in [7, 11) is 0. The molecular formula is C15H15NOS. The summed E-state index contributed by atoms with van der Waals surface area (Å²) in [5.74, 6) is 0.105. The second-order valence-electron chi connectivity index (χ2n) is 4.72. The fourth-order valence-corrected chi connectivity index (χ4v) is 3.43. The highest BCUT2D eigenvalue weighted by molar-refractivity contribution is 7.12. The average Bonchev–Trinajstić information content (AvgIpc) is 2.74. The van der Waals surface area contributed by atoms with Gasteiger partial charge in [-0.2, -0.15) is 0 Å². The number of rotatable bonds is 1. The second-order valence-corrected chi connectivity index (χ2v) is 5.89. The first kappa shape index (κ1) is 11.6. The molecule has 0 saturated heterocycles. The van der Waals surface area contributed by atoms with Gasteiger partial charge >= 0.3 is 0 Å². The summed E-state index contributed by atoms with van der Waals surface area (Å²) in [4.78, 5) is 18.2. The van der Waals surface area contributed by atoms with Crippen molar-refractivity contribution in [1.29, 1.82) is 0 Å². The van der Waals surface area contributed by atoms with Crippen LogP contribution in [0.5, 0.6) is 0 Å². The van der Waals surface area contributed by atoms with Gasteiger partial charge < -0.3 is 0 Å². The van der Waals surface area contributed by atoms with Gasteiger partial charge in [-0.3, -0.25) is 4.79 Å². The van der Waals surface area contributed by atoms with Crippen LogP contribution >= 0.6 is 11.3 Å². The number of benzene rings is 1. The quantitative estimate of drug-likeness (QED) is 0.784. The molecule has 1 heterocycles. The predicted molar refractivity (Wildman–Crippen MR) is 73.5 cm³/mol. The molecule has 0 unspecified atom stereocenters. The first-order chi connectivity index (χ1) is 8.69. The van der Waals surface area contributed by atoms with Crippen molar-refractivity contribution in [2.24, 2.45) is 0 Å². The smallest absolute Gasteiger partial charge is 0.212 e. The number of hydrogen-bond acceptors (Lipinski definition) is 3. The molecule has 0 atom stereocenters. The van der Waals surface area contributed by atoms with Crippen molar-refractivity contribution in [2.45, 2.75) is 33.1 Å². The number of aromatic nitrogens is 1. The minimum Gasteiger partial charge on any atom is -0.287 e. The van der Waals surface area contributed by atoms with Gasteiger partial charge in [-0.15, -0.1) is 11.3 Å². The van der Waals surface area contributed by atoms with E-state index in [0.29, 0.717) is 5.69 Å². The van der Waals surface area contributed by atoms with Crippen LogP contribution < -0.4 is 0 Å². The molecule has 2 aromatic rings. The van der Waals surface area contributed by atoms with Gasteiger partial charge in [0.25, 0.3) is 0 Å². The molecular weight excluding hydrogens is 242 g/mol. The molecule has 3 heteroatoms. The Balaban J connectivity index is 2.14. The van der Waals surface area contributed by atoms with Gasteiger partial charge in [-0.25, -0.2) is 4.98 Å². The maximum absolute atomic E-state index is 12.5. The van der Waals surface area contributed by atoms with Gasteiger partial charge in [0, 0.05) is 10.4 Å². The molecule has 0 radical (unpaired) electrons. The van der Waals surface area contributed by atoms with Crippen LogP contribution in [-0.4, -0.2) is 10.8 Å². The van der Waals surface area contributed by atoms with Gasteiger partial charge in [0.05, 0.1) is 5.01 Å². The van der Waals surface area contributed by atoms with Gasteiger partial charge in [0.2, 0.25) is 5.78 Å². The number of thiazole rings is 1. The van der Waals surface area contributed by atoms with Crippen molar-refractivity contribution >= 4 is 17.1 Å². The molecule has 3 rings (SSSR count). The highest BCUT2D eigenvalue weighted by atomic mass is 32.1. The number of carbonyl (C=O) groups excluding carboxylic acids is 1. The van der Waals surface area contributed by atoms with E-state index in [-0.39, 0.29) is 5.78 Å². The van der Waals surface area contributed by atoms with Gasteiger partial charge in [-0.1, -0.05) is 30.7 Å². The lowest BCUT2D eigenvalue weighted by atomic mass is 9.99. The average molecular weight is 257 g/mol. The van der Waals surface area contributed by atoms with E-state index in [0.717, 1.165) is 34.7 Å². The third kappa shape index (κ3) is 1.79. The molecule has 0 saturated carbocycles. The zero-order chi connectivity index (χ0) is 12.7. The highest BCUT2D eigenvalue weighted by Gasteiger charge is 2.24. The van der Waals surface area contributed by atoms with Crippen molar-refractivity contribution in [3.63, 3.8) is 0 Å². The lowest BCUT2D eigenvalue weighted by molar-refractivity contribution is 0.103. The first-order valence-electron chi connectivity index (χ1n) is 6.32. The normalized spacial score (nSPS) is 14.0. The SMILES string of the molecule is CCc1nc2c(s1)CCc1cc(C)ccc1C2=O. The Labute approximate surface area is 111 Å².